The van der Waals surface area contributed by atoms with Gasteiger partial charge in [-0.25, -0.2) is 0 Å². The lowest BCUT2D eigenvalue weighted by molar-refractivity contribution is 0.161. The molecule has 0 saturated heterocycles. The van der Waals surface area contributed by atoms with E-state index in [0.717, 1.165) is 19.6 Å². The number of hydrogen-bond acceptors (Lipinski definition) is 2. The Hall–Kier alpha value is 0.137. The molecule has 0 rings (SSSR count). The summed E-state index contributed by atoms with van der Waals surface area (Å²) >= 11 is 0. The van der Waals surface area contributed by atoms with Crippen molar-refractivity contribution in [2.45, 2.75) is 78.3 Å². The maximum atomic E-state index is 6.20. The van der Waals surface area contributed by atoms with E-state index in [1.165, 1.54) is 19.3 Å². The van der Waals surface area contributed by atoms with E-state index in [2.05, 4.69) is 41.5 Å². The topological polar surface area (TPSA) is 18.5 Å². The van der Waals surface area contributed by atoms with Crippen molar-refractivity contribution < 1.29 is 8.85 Å². The average molecular weight is 260 g/mol. The lowest BCUT2D eigenvalue weighted by Crippen LogP contribution is -2.49. The van der Waals surface area contributed by atoms with Gasteiger partial charge in [-0.2, -0.15) is 0 Å². The number of hydrogen-bond donors (Lipinski definition) is 0. The highest BCUT2D eigenvalue weighted by Crippen LogP contribution is 2.39. The van der Waals surface area contributed by atoms with Gasteiger partial charge >= 0.3 is 8.56 Å². The van der Waals surface area contributed by atoms with Crippen LogP contribution in [-0.2, 0) is 8.85 Å². The first-order valence-electron chi connectivity index (χ1n) is 7.36. The van der Waals surface area contributed by atoms with Crippen LogP contribution in [0.15, 0.2) is 0 Å². The molecule has 3 heteroatoms. The third-order valence-corrected chi connectivity index (χ3v) is 8.64. The van der Waals surface area contributed by atoms with Crippen molar-refractivity contribution in [3.63, 3.8) is 0 Å². The van der Waals surface area contributed by atoms with E-state index >= 15 is 0 Å². The predicted molar refractivity (Wildman–Crippen MR) is 77.7 cm³/mol. The van der Waals surface area contributed by atoms with E-state index in [1.807, 2.05) is 0 Å². The van der Waals surface area contributed by atoms with Gasteiger partial charge in [0, 0.05) is 18.8 Å². The van der Waals surface area contributed by atoms with Crippen LogP contribution in [0, 0.1) is 0 Å². The third kappa shape index (κ3) is 4.72. The molecule has 17 heavy (non-hydrogen) atoms. The summed E-state index contributed by atoms with van der Waals surface area (Å²) in [6, 6.07) is 0. The summed E-state index contributed by atoms with van der Waals surface area (Å²) < 4.78 is 12.4. The third-order valence-electron chi connectivity index (χ3n) is 3.72. The van der Waals surface area contributed by atoms with Gasteiger partial charge in [-0.1, -0.05) is 47.0 Å². The summed E-state index contributed by atoms with van der Waals surface area (Å²) in [5, 5.41) is 0. The maximum Gasteiger partial charge on any atom is 0.343 e. The number of rotatable bonds is 10. The zero-order valence-corrected chi connectivity index (χ0v) is 13.7. The molecule has 0 heterocycles. The van der Waals surface area contributed by atoms with Crippen LogP contribution in [0.5, 0.6) is 0 Å². The van der Waals surface area contributed by atoms with Gasteiger partial charge in [0.15, 0.2) is 0 Å². The molecule has 0 aromatic heterocycles. The fourth-order valence-electron chi connectivity index (χ4n) is 2.54. The van der Waals surface area contributed by atoms with Gasteiger partial charge in [-0.15, -0.1) is 0 Å². The highest BCUT2D eigenvalue weighted by Gasteiger charge is 2.47. The quantitative estimate of drug-likeness (QED) is 0.521. The second-order valence-electron chi connectivity index (χ2n) is 4.94. The van der Waals surface area contributed by atoms with Crippen molar-refractivity contribution >= 4 is 8.56 Å². The largest absolute Gasteiger partial charge is 0.394 e. The van der Waals surface area contributed by atoms with Crippen molar-refractivity contribution in [3.8, 4) is 0 Å². The van der Waals surface area contributed by atoms with Crippen molar-refractivity contribution in [2.75, 3.05) is 13.2 Å². The molecular formula is C14H32O2Si. The Labute approximate surface area is 109 Å². The van der Waals surface area contributed by atoms with Crippen LogP contribution in [0.25, 0.3) is 0 Å². The molecule has 2 unspecified atom stereocenters. The molecule has 2 atom stereocenters. The molecule has 104 valence electrons. The van der Waals surface area contributed by atoms with Gasteiger partial charge in [-0.3, -0.25) is 0 Å². The Balaban J connectivity index is 4.85. The Morgan fingerprint density at radius 2 is 1.41 bits per heavy atom. The smallest absolute Gasteiger partial charge is 0.343 e. The van der Waals surface area contributed by atoms with Crippen LogP contribution in [-0.4, -0.2) is 21.8 Å². The molecule has 0 aromatic carbocycles. The SMILES string of the molecule is CCCCC(C)[Si](OCC)(OCC)C(C)CC. The standard InChI is InChI=1S/C14H32O2Si/c1-7-11-12-14(6)17(15-9-3,16-10-4)13(5)8-2/h13-14H,7-12H2,1-6H3. The lowest BCUT2D eigenvalue weighted by Gasteiger charge is -2.39. The van der Waals surface area contributed by atoms with Crippen LogP contribution in [0.4, 0.5) is 0 Å². The Bertz CT molecular complexity index is 179. The fourth-order valence-corrected chi connectivity index (χ4v) is 6.81. The minimum atomic E-state index is -2.04. The first kappa shape index (κ1) is 17.1. The molecule has 0 aliphatic heterocycles. The summed E-state index contributed by atoms with van der Waals surface area (Å²) in [4.78, 5) is 0. The lowest BCUT2D eigenvalue weighted by atomic mass is 10.2. The first-order valence-corrected chi connectivity index (χ1v) is 9.33. The van der Waals surface area contributed by atoms with E-state index in [4.69, 9.17) is 8.85 Å². The van der Waals surface area contributed by atoms with E-state index in [9.17, 15) is 0 Å². The molecule has 0 aromatic rings. The summed E-state index contributed by atoms with van der Waals surface area (Å²) in [6.45, 7) is 14.9. The summed E-state index contributed by atoms with van der Waals surface area (Å²) in [5.74, 6) is 0. The van der Waals surface area contributed by atoms with Crippen LogP contribution in [0.1, 0.15) is 67.2 Å². The fraction of sp³-hybridized carbons (Fsp3) is 1.00. The summed E-state index contributed by atoms with van der Waals surface area (Å²) in [5.41, 5.74) is 1.17. The van der Waals surface area contributed by atoms with Crippen molar-refractivity contribution in [1.29, 1.82) is 0 Å². The van der Waals surface area contributed by atoms with Gasteiger partial charge in [0.25, 0.3) is 0 Å². The van der Waals surface area contributed by atoms with Gasteiger partial charge in [-0.05, 0) is 25.8 Å². The highest BCUT2D eigenvalue weighted by atomic mass is 28.4. The van der Waals surface area contributed by atoms with E-state index < -0.39 is 8.56 Å². The monoisotopic (exact) mass is 260 g/mol. The molecule has 0 spiro atoms. The highest BCUT2D eigenvalue weighted by molar-refractivity contribution is 6.70. The average Bonchev–Trinajstić information content (AvgIpc) is 2.34. The van der Waals surface area contributed by atoms with E-state index in [0.29, 0.717) is 11.1 Å². The second-order valence-corrected chi connectivity index (χ2v) is 8.93. The van der Waals surface area contributed by atoms with E-state index in [1.54, 1.807) is 0 Å². The zero-order chi connectivity index (χ0) is 13.3. The Morgan fingerprint density at radius 1 is 0.882 bits per heavy atom. The second kappa shape index (κ2) is 9.12. The molecule has 0 aliphatic carbocycles. The van der Waals surface area contributed by atoms with Crippen LogP contribution >= 0.6 is 0 Å². The Kier molecular flexibility index (Phi) is 9.19. The first-order chi connectivity index (χ1) is 8.08. The van der Waals surface area contributed by atoms with Gasteiger partial charge in [0.2, 0.25) is 0 Å². The van der Waals surface area contributed by atoms with Gasteiger partial charge in [0.1, 0.15) is 0 Å². The molecule has 0 amide bonds. The molecule has 0 fully saturated rings. The van der Waals surface area contributed by atoms with Gasteiger partial charge in [0.05, 0.1) is 0 Å². The predicted octanol–water partition coefficient (Wildman–Crippen LogP) is 4.88. The van der Waals surface area contributed by atoms with E-state index in [-0.39, 0.29) is 0 Å². The van der Waals surface area contributed by atoms with Crippen molar-refractivity contribution in [3.05, 3.63) is 0 Å². The van der Waals surface area contributed by atoms with Gasteiger partial charge < -0.3 is 8.85 Å². The van der Waals surface area contributed by atoms with Crippen LogP contribution < -0.4 is 0 Å². The minimum Gasteiger partial charge on any atom is -0.394 e. The number of unbranched alkanes of at least 4 members (excludes halogenated alkanes) is 1. The minimum absolute atomic E-state index is 0.578. The molecular weight excluding hydrogens is 228 g/mol. The molecule has 0 radical (unpaired) electrons. The van der Waals surface area contributed by atoms with Crippen LogP contribution in [0.3, 0.4) is 0 Å². The van der Waals surface area contributed by atoms with Crippen LogP contribution in [0.2, 0.25) is 11.1 Å². The summed E-state index contributed by atoms with van der Waals surface area (Å²) in [7, 11) is -2.04. The Morgan fingerprint density at radius 3 is 1.76 bits per heavy atom. The molecule has 0 bridgehead atoms. The van der Waals surface area contributed by atoms with Crippen molar-refractivity contribution in [1.82, 2.24) is 0 Å². The maximum absolute atomic E-state index is 6.20. The summed E-state index contributed by atoms with van der Waals surface area (Å²) in [6.07, 6.45) is 4.94. The van der Waals surface area contributed by atoms with Crippen molar-refractivity contribution in [2.24, 2.45) is 0 Å². The molecule has 0 aliphatic rings. The normalized spacial score (nSPS) is 15.9. The molecule has 2 nitrogen and oxygen atoms in total. The molecule has 0 saturated carbocycles. The zero-order valence-electron chi connectivity index (χ0n) is 12.7. The molecule has 0 N–H and O–H groups in total.